The van der Waals surface area contributed by atoms with Crippen molar-refractivity contribution in [2.75, 3.05) is 14.2 Å². The molecule has 2 rings (SSSR count). The van der Waals surface area contributed by atoms with Gasteiger partial charge in [-0.05, 0) is 37.1 Å². The normalized spacial score (nSPS) is 11.9. The summed E-state index contributed by atoms with van der Waals surface area (Å²) in [5, 5.41) is 11.3. The van der Waals surface area contributed by atoms with Gasteiger partial charge in [0.25, 0.3) is 5.91 Å². The van der Waals surface area contributed by atoms with Crippen LogP contribution >= 0.6 is 11.6 Å². The Hall–Kier alpha value is -2.86. The smallest absolute Gasteiger partial charge is 0.273 e. The third-order valence-corrected chi connectivity index (χ3v) is 4.32. The highest BCUT2D eigenvalue weighted by molar-refractivity contribution is 6.45. The minimum atomic E-state index is -0.347. The molecule has 142 valence electrons. The van der Waals surface area contributed by atoms with Gasteiger partial charge in [-0.15, -0.1) is 0 Å². The fourth-order valence-electron chi connectivity index (χ4n) is 2.42. The standard InChI is InChI=1S/C20H22ClN3O3/c1-13-11-15(9-10-18(13)21)14(2)23-27-12-16-7-5-6-8-17(16)19(24-26-4)20(25)22-3/h5-11H,12H2,1-4H3,(H,22,25)/b23-14+,24-19+. The number of nitrogens with one attached hydrogen (secondary N) is 1. The van der Waals surface area contributed by atoms with Gasteiger partial charge in [-0.25, -0.2) is 0 Å². The Bertz CT molecular complexity index is 879. The summed E-state index contributed by atoms with van der Waals surface area (Å²) in [6.07, 6.45) is 0. The van der Waals surface area contributed by atoms with E-state index in [1.54, 1.807) is 6.07 Å². The second-order valence-corrected chi connectivity index (χ2v) is 6.18. The molecular formula is C20H22ClN3O3. The molecule has 0 spiro atoms. The van der Waals surface area contributed by atoms with Gasteiger partial charge in [0.2, 0.25) is 0 Å². The van der Waals surface area contributed by atoms with E-state index in [1.165, 1.54) is 14.2 Å². The van der Waals surface area contributed by atoms with Gasteiger partial charge in [0.15, 0.2) is 5.71 Å². The van der Waals surface area contributed by atoms with Gasteiger partial charge in [0.1, 0.15) is 13.7 Å². The molecule has 0 atom stereocenters. The molecule has 0 unspecified atom stereocenters. The molecule has 7 heteroatoms. The molecule has 0 fully saturated rings. The fourth-order valence-corrected chi connectivity index (χ4v) is 2.54. The first-order valence-corrected chi connectivity index (χ1v) is 8.70. The average Bonchev–Trinajstić information content (AvgIpc) is 2.68. The van der Waals surface area contributed by atoms with Crippen LogP contribution in [-0.2, 0) is 21.1 Å². The molecule has 2 aromatic carbocycles. The molecule has 0 bridgehead atoms. The van der Waals surface area contributed by atoms with Gasteiger partial charge < -0.3 is 15.0 Å². The average molecular weight is 388 g/mol. The number of oxime groups is 2. The number of rotatable bonds is 7. The quantitative estimate of drug-likeness (QED) is 0.581. The summed E-state index contributed by atoms with van der Waals surface area (Å²) in [7, 11) is 2.93. The van der Waals surface area contributed by atoms with Gasteiger partial charge >= 0.3 is 0 Å². The van der Waals surface area contributed by atoms with Crippen molar-refractivity contribution in [1.29, 1.82) is 0 Å². The van der Waals surface area contributed by atoms with Crippen LogP contribution in [0.15, 0.2) is 52.8 Å². The molecule has 0 aliphatic rings. The molecule has 2 aromatic rings. The van der Waals surface area contributed by atoms with E-state index >= 15 is 0 Å². The topological polar surface area (TPSA) is 72.3 Å². The summed E-state index contributed by atoms with van der Waals surface area (Å²) in [5.41, 5.74) is 4.18. The van der Waals surface area contributed by atoms with Crippen molar-refractivity contribution in [3.05, 3.63) is 69.7 Å². The van der Waals surface area contributed by atoms with Crippen LogP contribution in [0.3, 0.4) is 0 Å². The van der Waals surface area contributed by atoms with Gasteiger partial charge in [-0.2, -0.15) is 0 Å². The van der Waals surface area contributed by atoms with Gasteiger partial charge in [-0.3, -0.25) is 4.79 Å². The number of amides is 1. The first-order valence-electron chi connectivity index (χ1n) is 8.32. The molecule has 0 aliphatic carbocycles. The van der Waals surface area contributed by atoms with Crippen LogP contribution in [0.2, 0.25) is 5.02 Å². The van der Waals surface area contributed by atoms with Gasteiger partial charge in [0.05, 0.1) is 5.71 Å². The molecule has 1 amide bonds. The third-order valence-electron chi connectivity index (χ3n) is 3.89. The van der Waals surface area contributed by atoms with Crippen molar-refractivity contribution in [3.63, 3.8) is 0 Å². The minimum absolute atomic E-state index is 0.174. The van der Waals surface area contributed by atoms with Crippen LogP contribution in [-0.4, -0.2) is 31.5 Å². The summed E-state index contributed by atoms with van der Waals surface area (Å²) < 4.78 is 0. The zero-order valence-electron chi connectivity index (χ0n) is 15.7. The van der Waals surface area contributed by atoms with E-state index in [0.29, 0.717) is 10.6 Å². The highest BCUT2D eigenvalue weighted by Gasteiger charge is 2.17. The fraction of sp³-hybridized carbons (Fsp3) is 0.250. The molecule has 0 saturated heterocycles. The number of benzene rings is 2. The van der Waals surface area contributed by atoms with Gasteiger partial charge in [0, 0.05) is 23.2 Å². The van der Waals surface area contributed by atoms with Crippen molar-refractivity contribution in [2.45, 2.75) is 20.5 Å². The van der Waals surface area contributed by atoms with Crippen molar-refractivity contribution in [1.82, 2.24) is 5.32 Å². The number of halogens is 1. The van der Waals surface area contributed by atoms with Crippen molar-refractivity contribution < 1.29 is 14.5 Å². The van der Waals surface area contributed by atoms with Crippen molar-refractivity contribution >= 4 is 28.9 Å². The van der Waals surface area contributed by atoms with Crippen molar-refractivity contribution in [3.8, 4) is 0 Å². The van der Waals surface area contributed by atoms with E-state index < -0.39 is 0 Å². The molecule has 0 saturated carbocycles. The van der Waals surface area contributed by atoms with Crippen LogP contribution in [0.1, 0.15) is 29.2 Å². The Morgan fingerprint density at radius 1 is 1.19 bits per heavy atom. The predicted octanol–water partition coefficient (Wildman–Crippen LogP) is 3.69. The number of nitrogens with zero attached hydrogens (tertiary/aromatic N) is 2. The Morgan fingerprint density at radius 2 is 1.93 bits per heavy atom. The van der Waals surface area contributed by atoms with Crippen LogP contribution in [0.5, 0.6) is 0 Å². The molecule has 1 N–H and O–H groups in total. The maximum atomic E-state index is 12.1. The lowest BCUT2D eigenvalue weighted by atomic mass is 10.0. The predicted molar refractivity (Wildman–Crippen MR) is 107 cm³/mol. The van der Waals surface area contributed by atoms with Crippen molar-refractivity contribution in [2.24, 2.45) is 10.3 Å². The van der Waals surface area contributed by atoms with Crippen LogP contribution in [0, 0.1) is 6.92 Å². The summed E-state index contributed by atoms with van der Waals surface area (Å²) >= 11 is 6.05. The molecule has 27 heavy (non-hydrogen) atoms. The number of likely N-dealkylation sites (N-methyl/N-ethyl adjacent to an activating group) is 1. The second kappa shape index (κ2) is 9.73. The maximum absolute atomic E-state index is 12.1. The summed E-state index contributed by atoms with van der Waals surface area (Å²) in [5.74, 6) is -0.347. The van der Waals surface area contributed by atoms with E-state index in [9.17, 15) is 4.79 Å². The number of hydrogen-bond donors (Lipinski definition) is 1. The van der Waals surface area contributed by atoms with Crippen LogP contribution < -0.4 is 5.32 Å². The summed E-state index contributed by atoms with van der Waals surface area (Å²) in [4.78, 5) is 22.4. The first-order chi connectivity index (χ1) is 13.0. The largest absolute Gasteiger partial charge is 0.398 e. The summed E-state index contributed by atoms with van der Waals surface area (Å²) in [6.45, 7) is 3.97. The van der Waals surface area contributed by atoms with E-state index in [-0.39, 0.29) is 18.2 Å². The summed E-state index contributed by atoms with van der Waals surface area (Å²) in [6, 6.07) is 13.0. The van der Waals surface area contributed by atoms with Crippen LogP contribution in [0.25, 0.3) is 0 Å². The Morgan fingerprint density at radius 3 is 2.59 bits per heavy atom. The van der Waals surface area contributed by atoms with E-state index in [4.69, 9.17) is 21.3 Å². The number of carbonyl (C=O) groups is 1. The number of aryl methyl sites for hydroxylation is 1. The zero-order valence-corrected chi connectivity index (χ0v) is 16.5. The molecule has 0 heterocycles. The lowest BCUT2D eigenvalue weighted by molar-refractivity contribution is -0.114. The SMILES string of the molecule is CNC(=O)/C(=N/OC)c1ccccc1CO/N=C(\C)c1ccc(Cl)c(C)c1. The lowest BCUT2D eigenvalue weighted by Crippen LogP contribution is -2.29. The maximum Gasteiger partial charge on any atom is 0.273 e. The van der Waals surface area contributed by atoms with E-state index in [0.717, 1.165) is 22.4 Å². The minimum Gasteiger partial charge on any atom is -0.398 e. The van der Waals surface area contributed by atoms with E-state index in [1.807, 2.05) is 50.2 Å². The molecule has 0 radical (unpaired) electrons. The Labute approximate surface area is 163 Å². The molecule has 0 aromatic heterocycles. The molecular weight excluding hydrogens is 366 g/mol. The number of carbonyl (C=O) groups excluding carboxylic acids is 1. The van der Waals surface area contributed by atoms with E-state index in [2.05, 4.69) is 15.6 Å². The monoisotopic (exact) mass is 387 g/mol. The Balaban J connectivity index is 2.20. The lowest BCUT2D eigenvalue weighted by Gasteiger charge is -2.10. The highest BCUT2D eigenvalue weighted by atomic mass is 35.5. The molecule has 0 aliphatic heterocycles. The number of hydrogen-bond acceptors (Lipinski definition) is 5. The zero-order chi connectivity index (χ0) is 19.8. The molecule has 6 nitrogen and oxygen atoms in total. The van der Waals surface area contributed by atoms with Crippen LogP contribution in [0.4, 0.5) is 0 Å². The third kappa shape index (κ3) is 5.31. The highest BCUT2D eigenvalue weighted by Crippen LogP contribution is 2.17. The van der Waals surface area contributed by atoms with Gasteiger partial charge in [-0.1, -0.05) is 52.2 Å². The Kier molecular flexibility index (Phi) is 7.37. The second-order valence-electron chi connectivity index (χ2n) is 5.77. The first kappa shape index (κ1) is 20.5.